The molecule has 1 heterocycles. The standard InChI is InChI=1S/C14H29N3O/c1-5-17-10-8-13(12(2)11-17)16(4)14(18)7-6-9-15-3/h12-13,15H,5-11H2,1-4H3/t12-,13-/m0/s1. The second-order valence-corrected chi connectivity index (χ2v) is 5.44. The highest BCUT2D eigenvalue weighted by Crippen LogP contribution is 2.21. The topological polar surface area (TPSA) is 35.6 Å². The van der Waals surface area contributed by atoms with Crippen LogP contribution in [0.5, 0.6) is 0 Å². The molecule has 0 aromatic rings. The van der Waals surface area contributed by atoms with Gasteiger partial charge < -0.3 is 15.1 Å². The number of hydrogen-bond acceptors (Lipinski definition) is 3. The molecule has 0 aromatic carbocycles. The summed E-state index contributed by atoms with van der Waals surface area (Å²) >= 11 is 0. The molecule has 4 heteroatoms. The molecule has 1 aliphatic heterocycles. The number of nitrogens with zero attached hydrogens (tertiary/aromatic N) is 2. The molecule has 0 aliphatic carbocycles. The van der Waals surface area contributed by atoms with E-state index in [0.29, 0.717) is 24.3 Å². The van der Waals surface area contributed by atoms with Crippen LogP contribution >= 0.6 is 0 Å². The highest BCUT2D eigenvalue weighted by atomic mass is 16.2. The number of carbonyl (C=O) groups excluding carboxylic acids is 1. The van der Waals surface area contributed by atoms with Gasteiger partial charge in [0.2, 0.25) is 5.91 Å². The van der Waals surface area contributed by atoms with Gasteiger partial charge in [-0.1, -0.05) is 13.8 Å². The molecule has 4 nitrogen and oxygen atoms in total. The quantitative estimate of drug-likeness (QED) is 0.724. The van der Waals surface area contributed by atoms with Crippen molar-refractivity contribution < 1.29 is 4.79 Å². The van der Waals surface area contributed by atoms with Gasteiger partial charge in [0, 0.05) is 32.6 Å². The number of nitrogens with one attached hydrogen (secondary N) is 1. The largest absolute Gasteiger partial charge is 0.342 e. The van der Waals surface area contributed by atoms with Gasteiger partial charge in [0.05, 0.1) is 0 Å². The third-order valence-corrected chi connectivity index (χ3v) is 4.10. The average molecular weight is 255 g/mol. The minimum atomic E-state index is 0.298. The van der Waals surface area contributed by atoms with Gasteiger partial charge in [0.15, 0.2) is 0 Å². The molecule has 1 fully saturated rings. The van der Waals surface area contributed by atoms with Gasteiger partial charge >= 0.3 is 0 Å². The number of piperidine rings is 1. The first-order valence-electron chi connectivity index (χ1n) is 7.22. The summed E-state index contributed by atoms with van der Waals surface area (Å²) in [6.45, 7) is 8.76. The SMILES string of the molecule is CCN1CC[C@H](N(C)C(=O)CCCNC)[C@@H](C)C1. The second kappa shape index (κ2) is 7.74. The van der Waals surface area contributed by atoms with E-state index in [1.54, 1.807) is 0 Å². The molecule has 1 N–H and O–H groups in total. The molecule has 18 heavy (non-hydrogen) atoms. The lowest BCUT2D eigenvalue weighted by atomic mass is 9.92. The van der Waals surface area contributed by atoms with Crippen molar-refractivity contribution in [3.63, 3.8) is 0 Å². The molecule has 1 rings (SSSR count). The average Bonchev–Trinajstić information content (AvgIpc) is 2.38. The van der Waals surface area contributed by atoms with E-state index in [2.05, 4.69) is 24.1 Å². The zero-order valence-corrected chi connectivity index (χ0v) is 12.4. The zero-order chi connectivity index (χ0) is 13.5. The van der Waals surface area contributed by atoms with Gasteiger partial charge in [0.1, 0.15) is 0 Å². The number of rotatable bonds is 6. The lowest BCUT2D eigenvalue weighted by molar-refractivity contribution is -0.134. The van der Waals surface area contributed by atoms with E-state index < -0.39 is 0 Å². The third kappa shape index (κ3) is 4.25. The maximum atomic E-state index is 12.1. The molecule has 1 aliphatic rings. The highest BCUT2D eigenvalue weighted by molar-refractivity contribution is 5.76. The van der Waals surface area contributed by atoms with Crippen LogP contribution in [-0.4, -0.2) is 62.0 Å². The Morgan fingerprint density at radius 3 is 2.78 bits per heavy atom. The molecule has 0 unspecified atom stereocenters. The number of amides is 1. The Balaban J connectivity index is 2.41. The van der Waals surface area contributed by atoms with Crippen LogP contribution in [0.3, 0.4) is 0 Å². The predicted molar refractivity (Wildman–Crippen MR) is 75.6 cm³/mol. The van der Waals surface area contributed by atoms with Crippen LogP contribution in [0, 0.1) is 5.92 Å². The van der Waals surface area contributed by atoms with Crippen LogP contribution in [0.1, 0.15) is 33.1 Å². The summed E-state index contributed by atoms with van der Waals surface area (Å²) in [6, 6.07) is 0.426. The van der Waals surface area contributed by atoms with Crippen molar-refractivity contribution >= 4 is 5.91 Å². The van der Waals surface area contributed by atoms with Crippen LogP contribution in [0.2, 0.25) is 0 Å². The Morgan fingerprint density at radius 2 is 2.22 bits per heavy atom. The van der Waals surface area contributed by atoms with Crippen LogP contribution in [0.15, 0.2) is 0 Å². The lowest BCUT2D eigenvalue weighted by Gasteiger charge is -2.41. The van der Waals surface area contributed by atoms with Crippen molar-refractivity contribution in [3.8, 4) is 0 Å². The molecule has 1 saturated heterocycles. The Morgan fingerprint density at radius 1 is 1.50 bits per heavy atom. The van der Waals surface area contributed by atoms with Crippen molar-refractivity contribution in [3.05, 3.63) is 0 Å². The monoisotopic (exact) mass is 255 g/mol. The van der Waals surface area contributed by atoms with Crippen LogP contribution in [0.25, 0.3) is 0 Å². The normalized spacial score (nSPS) is 25.1. The van der Waals surface area contributed by atoms with Crippen LogP contribution in [-0.2, 0) is 4.79 Å². The van der Waals surface area contributed by atoms with E-state index in [1.807, 2.05) is 19.0 Å². The minimum absolute atomic E-state index is 0.298. The first-order valence-corrected chi connectivity index (χ1v) is 7.22. The summed E-state index contributed by atoms with van der Waals surface area (Å²) in [4.78, 5) is 16.6. The van der Waals surface area contributed by atoms with Crippen molar-refractivity contribution in [2.75, 3.05) is 40.3 Å². The summed E-state index contributed by atoms with van der Waals surface area (Å²) in [5, 5.41) is 3.09. The van der Waals surface area contributed by atoms with Crippen LogP contribution in [0.4, 0.5) is 0 Å². The molecule has 0 aromatic heterocycles. The fourth-order valence-electron chi connectivity index (χ4n) is 2.86. The van der Waals surface area contributed by atoms with E-state index in [4.69, 9.17) is 0 Å². The van der Waals surface area contributed by atoms with E-state index in [-0.39, 0.29) is 0 Å². The molecule has 2 atom stereocenters. The fourth-order valence-corrected chi connectivity index (χ4v) is 2.86. The Bertz CT molecular complexity index is 257. The van der Waals surface area contributed by atoms with E-state index >= 15 is 0 Å². The summed E-state index contributed by atoms with van der Waals surface area (Å²) in [7, 11) is 3.90. The number of carbonyl (C=O) groups is 1. The Hall–Kier alpha value is -0.610. The van der Waals surface area contributed by atoms with Gasteiger partial charge in [-0.25, -0.2) is 0 Å². The first kappa shape index (κ1) is 15.4. The van der Waals surface area contributed by atoms with E-state index in [0.717, 1.165) is 39.0 Å². The maximum Gasteiger partial charge on any atom is 0.222 e. The van der Waals surface area contributed by atoms with Gasteiger partial charge in [-0.3, -0.25) is 4.79 Å². The summed E-state index contributed by atoms with van der Waals surface area (Å²) in [6.07, 6.45) is 2.71. The smallest absolute Gasteiger partial charge is 0.222 e. The van der Waals surface area contributed by atoms with Gasteiger partial charge in [-0.15, -0.1) is 0 Å². The summed E-state index contributed by atoms with van der Waals surface area (Å²) in [5.74, 6) is 0.879. The van der Waals surface area contributed by atoms with Crippen molar-refractivity contribution in [1.82, 2.24) is 15.1 Å². The van der Waals surface area contributed by atoms with Gasteiger partial charge in [-0.05, 0) is 38.9 Å². The summed E-state index contributed by atoms with van der Waals surface area (Å²) < 4.78 is 0. The first-order chi connectivity index (χ1) is 8.60. The molecule has 0 bridgehead atoms. The fraction of sp³-hybridized carbons (Fsp3) is 0.929. The van der Waals surface area contributed by atoms with Crippen LogP contribution < -0.4 is 5.32 Å². The zero-order valence-electron chi connectivity index (χ0n) is 12.4. The highest BCUT2D eigenvalue weighted by Gasteiger charge is 2.30. The molecule has 0 spiro atoms. The number of likely N-dealkylation sites (tertiary alicyclic amines) is 1. The molecule has 106 valence electrons. The van der Waals surface area contributed by atoms with E-state index in [9.17, 15) is 4.79 Å². The maximum absolute atomic E-state index is 12.1. The van der Waals surface area contributed by atoms with Crippen molar-refractivity contribution in [2.45, 2.75) is 39.2 Å². The van der Waals surface area contributed by atoms with Gasteiger partial charge in [0.25, 0.3) is 0 Å². The summed E-state index contributed by atoms with van der Waals surface area (Å²) in [5.41, 5.74) is 0. The molecular weight excluding hydrogens is 226 g/mol. The Kier molecular flexibility index (Phi) is 6.65. The molecule has 1 amide bonds. The van der Waals surface area contributed by atoms with E-state index in [1.165, 1.54) is 0 Å². The molecule has 0 radical (unpaired) electrons. The second-order valence-electron chi connectivity index (χ2n) is 5.44. The molecular formula is C14H29N3O. The minimum Gasteiger partial charge on any atom is -0.342 e. The number of hydrogen-bond donors (Lipinski definition) is 1. The Labute approximate surface area is 112 Å². The predicted octanol–water partition coefficient (Wildman–Crippen LogP) is 1.17. The third-order valence-electron chi connectivity index (χ3n) is 4.10. The molecule has 0 saturated carbocycles. The van der Waals surface area contributed by atoms with Crippen molar-refractivity contribution in [2.24, 2.45) is 5.92 Å². The van der Waals surface area contributed by atoms with Gasteiger partial charge in [-0.2, -0.15) is 0 Å². The van der Waals surface area contributed by atoms with Crippen molar-refractivity contribution in [1.29, 1.82) is 0 Å². The lowest BCUT2D eigenvalue weighted by Crippen LogP contribution is -2.50.